The van der Waals surface area contributed by atoms with Crippen molar-refractivity contribution >= 4 is 67.8 Å². The Labute approximate surface area is 132 Å². The summed E-state index contributed by atoms with van der Waals surface area (Å²) in [5.41, 5.74) is 0. The number of unbranched alkanes of at least 4 members (excludes halogenated alkanes) is 3. The minimum atomic E-state index is -2.44. The first-order valence-corrected chi connectivity index (χ1v) is 11.9. The van der Waals surface area contributed by atoms with Crippen LogP contribution in [0.4, 0.5) is 0 Å². The molecule has 102 valence electrons. The maximum Gasteiger partial charge on any atom is 0.341 e. The van der Waals surface area contributed by atoms with Crippen molar-refractivity contribution in [3.05, 3.63) is 0 Å². The molecule has 0 aliphatic carbocycles. The molecule has 0 atom stereocenters. The van der Waals surface area contributed by atoms with E-state index in [2.05, 4.69) is 22.6 Å². The van der Waals surface area contributed by atoms with Crippen molar-refractivity contribution in [1.29, 1.82) is 0 Å². The van der Waals surface area contributed by atoms with E-state index in [4.69, 9.17) is 38.0 Å². The van der Waals surface area contributed by atoms with E-state index in [1.165, 1.54) is 0 Å². The predicted octanol–water partition coefficient (Wildman–Crippen LogP) is 4.96. The molecule has 0 aliphatic heterocycles. The topological polar surface area (TPSA) is 26.3 Å². The molecule has 0 aromatic heterocycles. The molecule has 0 rings (SSSR count). The van der Waals surface area contributed by atoms with Gasteiger partial charge in [0.25, 0.3) is 0 Å². The van der Waals surface area contributed by atoms with Crippen LogP contribution in [-0.4, -0.2) is 22.0 Å². The standard InChI is InChI=1S/C10H18Cl3IO2Si/c1-10(2,14)9(15)16-7-5-3-4-6-8-17(11,12)13/h3-8H2,1-2H3. The highest BCUT2D eigenvalue weighted by molar-refractivity contribution is 14.1. The summed E-state index contributed by atoms with van der Waals surface area (Å²) >= 11 is 19.4. The zero-order valence-electron chi connectivity index (χ0n) is 10.1. The Morgan fingerprint density at radius 2 is 1.71 bits per heavy atom. The van der Waals surface area contributed by atoms with Crippen LogP contribution >= 0.6 is 55.8 Å². The van der Waals surface area contributed by atoms with Gasteiger partial charge in [-0.15, -0.1) is 33.2 Å². The van der Waals surface area contributed by atoms with Crippen molar-refractivity contribution in [2.24, 2.45) is 0 Å². The zero-order chi connectivity index (χ0) is 13.5. The number of hydrogen-bond donors (Lipinski definition) is 0. The maximum absolute atomic E-state index is 11.4. The average molecular weight is 432 g/mol. The SMILES string of the molecule is CC(C)(I)C(=O)OCCCCCC[Si](Cl)(Cl)Cl. The molecule has 0 bridgehead atoms. The lowest BCUT2D eigenvalue weighted by atomic mass is 10.2. The Bertz CT molecular complexity index is 239. The number of alkyl halides is 1. The number of rotatable bonds is 8. The predicted molar refractivity (Wildman–Crippen MR) is 85.6 cm³/mol. The van der Waals surface area contributed by atoms with Gasteiger partial charge in [0.1, 0.15) is 3.42 Å². The molecule has 0 radical (unpaired) electrons. The Kier molecular flexibility index (Phi) is 9.10. The molecular weight excluding hydrogens is 413 g/mol. The van der Waals surface area contributed by atoms with Crippen LogP contribution in [0.3, 0.4) is 0 Å². The Morgan fingerprint density at radius 1 is 1.18 bits per heavy atom. The maximum atomic E-state index is 11.4. The molecule has 0 fully saturated rings. The Balaban J connectivity index is 3.39. The van der Waals surface area contributed by atoms with Crippen LogP contribution in [0.5, 0.6) is 0 Å². The molecule has 17 heavy (non-hydrogen) atoms. The van der Waals surface area contributed by atoms with E-state index in [1.54, 1.807) is 0 Å². The third-order valence-electron chi connectivity index (χ3n) is 2.07. The number of esters is 1. The van der Waals surface area contributed by atoms with Gasteiger partial charge in [-0.3, -0.25) is 4.79 Å². The summed E-state index contributed by atoms with van der Waals surface area (Å²) in [5.74, 6) is -0.160. The Hall–Kier alpha value is 1.29. The number of carbonyl (C=O) groups is 1. The molecule has 0 saturated heterocycles. The first-order valence-electron chi connectivity index (χ1n) is 5.56. The van der Waals surface area contributed by atoms with Gasteiger partial charge >= 0.3 is 12.0 Å². The van der Waals surface area contributed by atoms with Crippen LogP contribution in [0.2, 0.25) is 6.04 Å². The van der Waals surface area contributed by atoms with Gasteiger partial charge in [-0.2, -0.15) is 0 Å². The van der Waals surface area contributed by atoms with Crippen molar-refractivity contribution < 1.29 is 9.53 Å². The molecular formula is C10H18Cl3IO2Si. The fourth-order valence-corrected chi connectivity index (χ4v) is 3.13. The molecule has 0 saturated carbocycles. The molecule has 0 aliphatic rings. The zero-order valence-corrected chi connectivity index (χ0v) is 15.5. The molecule has 7 heteroatoms. The van der Waals surface area contributed by atoms with Crippen LogP contribution < -0.4 is 0 Å². The molecule has 0 aromatic rings. The summed E-state index contributed by atoms with van der Waals surface area (Å²) in [7, 11) is 0. The lowest BCUT2D eigenvalue weighted by Crippen LogP contribution is -2.26. The van der Waals surface area contributed by atoms with E-state index in [0.717, 1.165) is 25.7 Å². The van der Waals surface area contributed by atoms with Crippen LogP contribution in [0, 0.1) is 0 Å². The highest BCUT2D eigenvalue weighted by atomic mass is 127. The largest absolute Gasteiger partial charge is 0.465 e. The summed E-state index contributed by atoms with van der Waals surface area (Å²) in [4.78, 5) is 11.4. The fourth-order valence-electron chi connectivity index (χ4n) is 1.12. The van der Waals surface area contributed by atoms with E-state index < -0.39 is 9.42 Å². The highest BCUT2D eigenvalue weighted by Crippen LogP contribution is 2.27. The number of ether oxygens (including phenoxy) is 1. The summed E-state index contributed by atoms with van der Waals surface area (Å²) in [5, 5.41) is 0. The summed E-state index contributed by atoms with van der Waals surface area (Å²) in [6, 6.07) is -1.73. The van der Waals surface area contributed by atoms with Crippen molar-refractivity contribution in [3.63, 3.8) is 0 Å². The first kappa shape index (κ1) is 18.3. The lowest BCUT2D eigenvalue weighted by Gasteiger charge is -2.14. The summed E-state index contributed by atoms with van der Waals surface area (Å²) in [6.45, 7) is 4.15. The van der Waals surface area contributed by atoms with Gasteiger partial charge < -0.3 is 4.74 Å². The second-order valence-electron chi connectivity index (χ2n) is 4.39. The van der Waals surface area contributed by atoms with Crippen LogP contribution in [-0.2, 0) is 9.53 Å². The minimum absolute atomic E-state index is 0.160. The molecule has 0 amide bonds. The quantitative estimate of drug-likeness (QED) is 0.136. The first-order chi connectivity index (χ1) is 7.63. The van der Waals surface area contributed by atoms with Gasteiger partial charge in [-0.25, -0.2) is 0 Å². The second-order valence-corrected chi connectivity index (χ2v) is 16.4. The third kappa shape index (κ3) is 12.1. The van der Waals surface area contributed by atoms with Gasteiger partial charge in [0.2, 0.25) is 0 Å². The van der Waals surface area contributed by atoms with Crippen molar-refractivity contribution in [2.45, 2.75) is 49.0 Å². The van der Waals surface area contributed by atoms with Crippen molar-refractivity contribution in [2.75, 3.05) is 6.61 Å². The fraction of sp³-hybridized carbons (Fsp3) is 0.900. The van der Waals surface area contributed by atoms with Gasteiger partial charge in [-0.05, 0) is 26.3 Å². The van der Waals surface area contributed by atoms with Gasteiger partial charge in [0.15, 0.2) is 0 Å². The molecule has 0 heterocycles. The van der Waals surface area contributed by atoms with E-state index >= 15 is 0 Å². The van der Waals surface area contributed by atoms with E-state index in [-0.39, 0.29) is 5.97 Å². The molecule has 0 N–H and O–H groups in total. The molecule has 0 aromatic carbocycles. The minimum Gasteiger partial charge on any atom is -0.465 e. The van der Waals surface area contributed by atoms with Crippen LogP contribution in [0.25, 0.3) is 0 Å². The normalized spacial score (nSPS) is 12.6. The number of carbonyl (C=O) groups excluding carboxylic acids is 1. The summed E-state index contributed by atoms with van der Waals surface area (Å²) < 4.78 is 4.69. The lowest BCUT2D eigenvalue weighted by molar-refractivity contribution is -0.145. The van der Waals surface area contributed by atoms with Gasteiger partial charge in [0.05, 0.1) is 6.61 Å². The Morgan fingerprint density at radius 3 is 2.18 bits per heavy atom. The van der Waals surface area contributed by atoms with E-state index in [0.29, 0.717) is 12.7 Å². The van der Waals surface area contributed by atoms with Gasteiger partial charge in [-0.1, -0.05) is 41.9 Å². The third-order valence-corrected chi connectivity index (χ3v) is 5.13. The van der Waals surface area contributed by atoms with Crippen molar-refractivity contribution in [1.82, 2.24) is 0 Å². The van der Waals surface area contributed by atoms with E-state index in [1.807, 2.05) is 13.8 Å². The molecule has 2 nitrogen and oxygen atoms in total. The number of halogens is 4. The van der Waals surface area contributed by atoms with E-state index in [9.17, 15) is 4.79 Å². The average Bonchev–Trinajstić information content (AvgIpc) is 2.12. The van der Waals surface area contributed by atoms with Crippen molar-refractivity contribution in [3.8, 4) is 0 Å². The van der Waals surface area contributed by atoms with Crippen LogP contribution in [0.15, 0.2) is 0 Å². The van der Waals surface area contributed by atoms with Crippen LogP contribution in [0.1, 0.15) is 39.5 Å². The smallest absolute Gasteiger partial charge is 0.341 e. The highest BCUT2D eigenvalue weighted by Gasteiger charge is 2.25. The summed E-state index contributed by atoms with van der Waals surface area (Å²) in [6.07, 6.45) is 3.84. The monoisotopic (exact) mass is 430 g/mol. The second kappa shape index (κ2) is 8.46. The number of hydrogen-bond acceptors (Lipinski definition) is 2. The van der Waals surface area contributed by atoms with Gasteiger partial charge in [0, 0.05) is 0 Å². The molecule has 0 spiro atoms. The molecule has 0 unspecified atom stereocenters.